The molecule has 0 saturated carbocycles. The Bertz CT molecular complexity index is 1140. The van der Waals surface area contributed by atoms with Gasteiger partial charge in [-0.1, -0.05) is 18.2 Å². The van der Waals surface area contributed by atoms with Gasteiger partial charge in [0.2, 0.25) is 0 Å². The largest absolute Gasteiger partial charge is 0.467 e. The second-order valence-electron chi connectivity index (χ2n) is 6.23. The standard InChI is InChI=1S/C23H17N3O3/c24-15-17-12-13-26(22(17)23(27)25-16-21-7-4-14-28-21)18-8-10-20(11-9-18)29-19-5-2-1-3-6-19/h1-14H,16H2,(H,25,27). The van der Waals surface area contributed by atoms with Crippen LogP contribution in [0.5, 0.6) is 11.5 Å². The van der Waals surface area contributed by atoms with Crippen LogP contribution in [-0.4, -0.2) is 10.5 Å². The summed E-state index contributed by atoms with van der Waals surface area (Å²) in [6.45, 7) is 0.242. The minimum absolute atomic E-state index is 0.242. The molecule has 0 saturated heterocycles. The number of amides is 1. The van der Waals surface area contributed by atoms with E-state index >= 15 is 0 Å². The van der Waals surface area contributed by atoms with Gasteiger partial charge < -0.3 is 19.0 Å². The van der Waals surface area contributed by atoms with Gasteiger partial charge in [-0.25, -0.2) is 0 Å². The van der Waals surface area contributed by atoms with Crippen LogP contribution >= 0.6 is 0 Å². The minimum atomic E-state index is -0.354. The molecule has 0 atom stereocenters. The highest BCUT2D eigenvalue weighted by Crippen LogP contribution is 2.24. The van der Waals surface area contributed by atoms with Crippen LogP contribution in [0.2, 0.25) is 0 Å². The van der Waals surface area contributed by atoms with Gasteiger partial charge in [-0.15, -0.1) is 0 Å². The molecular weight excluding hydrogens is 366 g/mol. The van der Waals surface area contributed by atoms with E-state index in [1.807, 2.05) is 54.6 Å². The van der Waals surface area contributed by atoms with Gasteiger partial charge in [-0.3, -0.25) is 4.79 Å². The van der Waals surface area contributed by atoms with Crippen LogP contribution in [0.3, 0.4) is 0 Å². The van der Waals surface area contributed by atoms with Gasteiger partial charge in [0.25, 0.3) is 5.91 Å². The van der Waals surface area contributed by atoms with E-state index in [-0.39, 0.29) is 18.1 Å². The average Bonchev–Trinajstić information content (AvgIpc) is 3.43. The molecule has 1 amide bonds. The number of carbonyl (C=O) groups is 1. The number of nitrogens with one attached hydrogen (secondary N) is 1. The van der Waals surface area contributed by atoms with Crippen LogP contribution in [0.1, 0.15) is 21.8 Å². The van der Waals surface area contributed by atoms with E-state index in [1.165, 1.54) is 0 Å². The van der Waals surface area contributed by atoms with E-state index < -0.39 is 0 Å². The Morgan fingerprint density at radius 3 is 2.45 bits per heavy atom. The van der Waals surface area contributed by atoms with Crippen LogP contribution in [0.25, 0.3) is 5.69 Å². The molecule has 0 aliphatic rings. The van der Waals surface area contributed by atoms with Crippen molar-refractivity contribution < 1.29 is 13.9 Å². The summed E-state index contributed by atoms with van der Waals surface area (Å²) in [7, 11) is 0. The zero-order valence-corrected chi connectivity index (χ0v) is 15.4. The Morgan fingerprint density at radius 1 is 1.00 bits per heavy atom. The quantitative estimate of drug-likeness (QED) is 0.525. The van der Waals surface area contributed by atoms with Crippen molar-refractivity contribution in [2.24, 2.45) is 0 Å². The molecule has 1 N–H and O–H groups in total. The number of nitrogens with zero attached hydrogens (tertiary/aromatic N) is 2. The lowest BCUT2D eigenvalue weighted by Crippen LogP contribution is -2.25. The van der Waals surface area contributed by atoms with E-state index in [4.69, 9.17) is 9.15 Å². The number of ether oxygens (including phenoxy) is 1. The molecule has 0 aliphatic heterocycles. The second kappa shape index (κ2) is 8.19. The number of furan rings is 1. The van der Waals surface area contributed by atoms with E-state index in [0.29, 0.717) is 17.1 Å². The topological polar surface area (TPSA) is 80.2 Å². The lowest BCUT2D eigenvalue weighted by molar-refractivity contribution is 0.0941. The third kappa shape index (κ3) is 4.04. The van der Waals surface area contributed by atoms with Crippen molar-refractivity contribution in [3.63, 3.8) is 0 Å². The van der Waals surface area contributed by atoms with Crippen LogP contribution in [0.15, 0.2) is 89.7 Å². The summed E-state index contributed by atoms with van der Waals surface area (Å²) in [5, 5.41) is 12.2. The van der Waals surface area contributed by atoms with Gasteiger partial charge in [0.15, 0.2) is 0 Å². The molecule has 6 nitrogen and oxygen atoms in total. The van der Waals surface area contributed by atoms with Crippen molar-refractivity contribution >= 4 is 5.91 Å². The van der Waals surface area contributed by atoms with Gasteiger partial charge in [0.05, 0.1) is 18.4 Å². The average molecular weight is 383 g/mol. The fraction of sp³-hybridized carbons (Fsp3) is 0.0435. The van der Waals surface area contributed by atoms with Crippen molar-refractivity contribution in [1.82, 2.24) is 9.88 Å². The summed E-state index contributed by atoms with van der Waals surface area (Å²) < 4.78 is 12.7. The number of para-hydroxylation sites is 1. The Labute approximate surface area is 167 Å². The van der Waals surface area contributed by atoms with E-state index in [1.54, 1.807) is 35.2 Å². The number of carbonyl (C=O) groups excluding carboxylic acids is 1. The van der Waals surface area contributed by atoms with Crippen molar-refractivity contribution in [1.29, 1.82) is 5.26 Å². The fourth-order valence-electron chi connectivity index (χ4n) is 2.93. The molecule has 29 heavy (non-hydrogen) atoms. The van der Waals surface area contributed by atoms with Crippen molar-refractivity contribution in [3.8, 4) is 23.3 Å². The van der Waals surface area contributed by atoms with Crippen molar-refractivity contribution in [2.45, 2.75) is 6.54 Å². The predicted octanol–water partition coefficient (Wildman–Crippen LogP) is 4.66. The van der Waals surface area contributed by atoms with Crippen LogP contribution < -0.4 is 10.1 Å². The second-order valence-corrected chi connectivity index (χ2v) is 6.23. The molecular formula is C23H17N3O3. The Balaban J connectivity index is 1.56. The summed E-state index contributed by atoms with van der Waals surface area (Å²) in [6.07, 6.45) is 3.25. The van der Waals surface area contributed by atoms with Crippen LogP contribution in [0, 0.1) is 11.3 Å². The zero-order chi connectivity index (χ0) is 20.1. The Kier molecular flexibility index (Phi) is 5.12. The first-order valence-electron chi connectivity index (χ1n) is 9.00. The first-order valence-corrected chi connectivity index (χ1v) is 9.00. The summed E-state index contributed by atoms with van der Waals surface area (Å²) >= 11 is 0. The molecule has 2 aromatic heterocycles. The van der Waals surface area contributed by atoms with E-state index in [0.717, 1.165) is 11.4 Å². The molecule has 4 aromatic rings. The van der Waals surface area contributed by atoms with Gasteiger partial charge in [-0.05, 0) is 54.6 Å². The lowest BCUT2D eigenvalue weighted by atomic mass is 10.2. The SMILES string of the molecule is N#Cc1ccn(-c2ccc(Oc3ccccc3)cc2)c1C(=O)NCc1ccco1. The minimum Gasteiger partial charge on any atom is -0.467 e. The Hall–Kier alpha value is -4.24. The number of aromatic nitrogens is 1. The highest BCUT2D eigenvalue weighted by atomic mass is 16.5. The molecule has 0 radical (unpaired) electrons. The van der Waals surface area contributed by atoms with Gasteiger partial charge >= 0.3 is 0 Å². The predicted molar refractivity (Wildman–Crippen MR) is 107 cm³/mol. The number of hydrogen-bond acceptors (Lipinski definition) is 4. The zero-order valence-electron chi connectivity index (χ0n) is 15.4. The fourth-order valence-corrected chi connectivity index (χ4v) is 2.93. The number of benzene rings is 2. The summed E-state index contributed by atoms with van der Waals surface area (Å²) in [4.78, 5) is 12.7. The summed E-state index contributed by atoms with van der Waals surface area (Å²) in [5.41, 5.74) is 1.32. The maximum absolute atomic E-state index is 12.7. The monoisotopic (exact) mass is 383 g/mol. The Morgan fingerprint density at radius 2 is 1.76 bits per heavy atom. The number of nitriles is 1. The van der Waals surface area contributed by atoms with E-state index in [2.05, 4.69) is 11.4 Å². The highest BCUT2D eigenvalue weighted by Gasteiger charge is 2.18. The molecule has 0 fully saturated rings. The summed E-state index contributed by atoms with van der Waals surface area (Å²) in [6, 6.07) is 24.0. The first kappa shape index (κ1) is 18.1. The lowest BCUT2D eigenvalue weighted by Gasteiger charge is -2.11. The number of hydrogen-bond donors (Lipinski definition) is 1. The molecule has 0 unspecified atom stereocenters. The third-order valence-electron chi connectivity index (χ3n) is 4.32. The van der Waals surface area contributed by atoms with E-state index in [9.17, 15) is 10.1 Å². The molecule has 6 heteroatoms. The molecule has 0 aliphatic carbocycles. The first-order chi connectivity index (χ1) is 14.2. The third-order valence-corrected chi connectivity index (χ3v) is 4.32. The molecule has 0 spiro atoms. The van der Waals surface area contributed by atoms with Crippen LogP contribution in [-0.2, 0) is 6.54 Å². The van der Waals surface area contributed by atoms with Gasteiger partial charge in [-0.2, -0.15) is 5.26 Å². The molecule has 2 heterocycles. The van der Waals surface area contributed by atoms with Gasteiger partial charge in [0.1, 0.15) is 29.0 Å². The van der Waals surface area contributed by atoms with Crippen molar-refractivity contribution in [2.75, 3.05) is 0 Å². The molecule has 2 aromatic carbocycles. The molecule has 4 rings (SSSR count). The molecule has 142 valence electrons. The maximum atomic E-state index is 12.7. The molecule has 0 bridgehead atoms. The van der Waals surface area contributed by atoms with Crippen molar-refractivity contribution in [3.05, 3.63) is 102 Å². The normalized spacial score (nSPS) is 10.3. The highest BCUT2D eigenvalue weighted by molar-refractivity contribution is 5.95. The maximum Gasteiger partial charge on any atom is 0.270 e. The van der Waals surface area contributed by atoms with Gasteiger partial charge in [0, 0.05) is 11.9 Å². The smallest absolute Gasteiger partial charge is 0.270 e. The number of rotatable bonds is 6. The van der Waals surface area contributed by atoms with Crippen LogP contribution in [0.4, 0.5) is 0 Å². The summed E-state index contributed by atoms with van der Waals surface area (Å²) in [5.74, 6) is 1.70.